The number of benzene rings is 1. The van der Waals surface area contributed by atoms with Crippen LogP contribution in [0.15, 0.2) is 22.7 Å². The van der Waals surface area contributed by atoms with Crippen LogP contribution in [0.5, 0.6) is 0 Å². The first-order valence-electron chi connectivity index (χ1n) is 6.38. The van der Waals surface area contributed by atoms with Crippen LogP contribution in [-0.4, -0.2) is 30.6 Å². The average molecular weight is 332 g/mol. The molecule has 0 aliphatic rings. The smallest absolute Gasteiger partial charge is 0.320 e. The third kappa shape index (κ3) is 5.70. The van der Waals surface area contributed by atoms with E-state index in [-0.39, 0.29) is 18.3 Å². The first kappa shape index (κ1) is 16.1. The quantitative estimate of drug-likeness (QED) is 0.717. The van der Waals surface area contributed by atoms with E-state index in [0.717, 1.165) is 18.5 Å². The second-order valence-corrected chi connectivity index (χ2v) is 5.12. The highest BCUT2D eigenvalue weighted by Crippen LogP contribution is 2.18. The Labute approximate surface area is 121 Å². The molecule has 0 N–H and O–H groups in total. The van der Waals surface area contributed by atoms with E-state index in [9.17, 15) is 9.18 Å². The normalized spacial score (nSPS) is 10.8. The van der Waals surface area contributed by atoms with Gasteiger partial charge < -0.3 is 4.74 Å². The molecule has 0 saturated heterocycles. The van der Waals surface area contributed by atoms with Crippen LogP contribution in [0, 0.1) is 5.82 Å². The second-order valence-electron chi connectivity index (χ2n) is 4.26. The highest BCUT2D eigenvalue weighted by atomic mass is 79.9. The molecule has 1 aromatic rings. The molecule has 0 heterocycles. The van der Waals surface area contributed by atoms with E-state index in [0.29, 0.717) is 17.6 Å². The van der Waals surface area contributed by atoms with Gasteiger partial charge in [0, 0.05) is 6.54 Å². The van der Waals surface area contributed by atoms with E-state index in [2.05, 4.69) is 22.9 Å². The number of nitrogens with zero attached hydrogens (tertiary/aromatic N) is 1. The van der Waals surface area contributed by atoms with Crippen molar-refractivity contribution in [3.63, 3.8) is 0 Å². The summed E-state index contributed by atoms with van der Waals surface area (Å²) >= 11 is 3.17. The fourth-order valence-corrected chi connectivity index (χ4v) is 2.24. The largest absolute Gasteiger partial charge is 0.465 e. The Hall–Kier alpha value is -0.940. The van der Waals surface area contributed by atoms with Gasteiger partial charge in [0.1, 0.15) is 5.82 Å². The van der Waals surface area contributed by atoms with Crippen molar-refractivity contribution in [1.82, 2.24) is 4.90 Å². The van der Waals surface area contributed by atoms with Gasteiger partial charge in [-0.15, -0.1) is 0 Å². The number of rotatable bonds is 7. The molecule has 0 aromatic heterocycles. The molecule has 0 radical (unpaired) electrons. The molecular weight excluding hydrogens is 313 g/mol. The Morgan fingerprint density at radius 1 is 1.42 bits per heavy atom. The van der Waals surface area contributed by atoms with Crippen molar-refractivity contribution in [1.29, 1.82) is 0 Å². The van der Waals surface area contributed by atoms with Crippen LogP contribution in [0.1, 0.15) is 25.8 Å². The first-order valence-corrected chi connectivity index (χ1v) is 7.18. The van der Waals surface area contributed by atoms with Crippen LogP contribution in [0.3, 0.4) is 0 Å². The zero-order valence-electron chi connectivity index (χ0n) is 11.3. The van der Waals surface area contributed by atoms with Crippen LogP contribution in [0.2, 0.25) is 0 Å². The molecular formula is C14H19BrFNO2. The number of carbonyl (C=O) groups is 1. The fourth-order valence-electron chi connectivity index (χ4n) is 1.82. The summed E-state index contributed by atoms with van der Waals surface area (Å²) in [5, 5.41) is 0. The summed E-state index contributed by atoms with van der Waals surface area (Å²) in [6, 6.07) is 4.89. The lowest BCUT2D eigenvalue weighted by atomic mass is 10.2. The Balaban J connectivity index is 2.66. The van der Waals surface area contributed by atoms with Crippen molar-refractivity contribution in [2.45, 2.75) is 26.8 Å². The SMILES string of the molecule is CCCN(CC(=O)OCC)Cc1ccc(F)c(Br)c1. The summed E-state index contributed by atoms with van der Waals surface area (Å²) in [4.78, 5) is 13.5. The highest BCUT2D eigenvalue weighted by Gasteiger charge is 2.12. The predicted octanol–water partition coefficient (Wildman–Crippen LogP) is 3.36. The average Bonchev–Trinajstić information content (AvgIpc) is 2.34. The number of carbonyl (C=O) groups excluding carboxylic acids is 1. The van der Waals surface area contributed by atoms with Crippen LogP contribution >= 0.6 is 15.9 Å². The number of esters is 1. The third-order valence-corrected chi connectivity index (χ3v) is 3.20. The van der Waals surface area contributed by atoms with Crippen molar-refractivity contribution >= 4 is 21.9 Å². The van der Waals surface area contributed by atoms with Crippen molar-refractivity contribution in [2.75, 3.05) is 19.7 Å². The lowest BCUT2D eigenvalue weighted by Gasteiger charge is -2.20. The number of halogens is 2. The Morgan fingerprint density at radius 3 is 2.74 bits per heavy atom. The molecule has 0 saturated carbocycles. The van der Waals surface area contributed by atoms with Crippen molar-refractivity contribution in [2.24, 2.45) is 0 Å². The minimum atomic E-state index is -0.281. The zero-order valence-corrected chi connectivity index (χ0v) is 12.9. The number of hydrogen-bond donors (Lipinski definition) is 0. The molecule has 1 rings (SSSR count). The van der Waals surface area contributed by atoms with Gasteiger partial charge in [0.15, 0.2) is 0 Å². The second kappa shape index (κ2) is 8.27. The predicted molar refractivity (Wildman–Crippen MR) is 76.3 cm³/mol. The minimum absolute atomic E-state index is 0.225. The lowest BCUT2D eigenvalue weighted by molar-refractivity contribution is -0.144. The van der Waals surface area contributed by atoms with Gasteiger partial charge in [0.2, 0.25) is 0 Å². The summed E-state index contributed by atoms with van der Waals surface area (Å²) in [7, 11) is 0. The molecule has 0 aliphatic carbocycles. The van der Waals surface area contributed by atoms with Gasteiger partial charge in [-0.3, -0.25) is 9.69 Å². The Kier molecular flexibility index (Phi) is 7.02. The van der Waals surface area contributed by atoms with E-state index in [1.165, 1.54) is 6.07 Å². The molecule has 0 unspecified atom stereocenters. The number of ether oxygens (including phenoxy) is 1. The number of hydrogen-bond acceptors (Lipinski definition) is 3. The summed E-state index contributed by atoms with van der Waals surface area (Å²) in [5.41, 5.74) is 0.964. The maximum Gasteiger partial charge on any atom is 0.320 e. The van der Waals surface area contributed by atoms with E-state index in [1.807, 2.05) is 4.90 Å². The van der Waals surface area contributed by atoms with Crippen LogP contribution in [0.25, 0.3) is 0 Å². The first-order chi connectivity index (χ1) is 9.06. The fraction of sp³-hybridized carbons (Fsp3) is 0.500. The molecule has 0 amide bonds. The lowest BCUT2D eigenvalue weighted by Crippen LogP contribution is -2.31. The molecule has 19 heavy (non-hydrogen) atoms. The molecule has 0 spiro atoms. The van der Waals surface area contributed by atoms with Crippen LogP contribution < -0.4 is 0 Å². The topological polar surface area (TPSA) is 29.5 Å². The van der Waals surface area contributed by atoms with Gasteiger partial charge in [-0.1, -0.05) is 13.0 Å². The maximum absolute atomic E-state index is 13.2. The maximum atomic E-state index is 13.2. The van der Waals surface area contributed by atoms with Gasteiger partial charge in [0.25, 0.3) is 0 Å². The molecule has 5 heteroatoms. The van der Waals surface area contributed by atoms with Gasteiger partial charge in [0.05, 0.1) is 17.6 Å². The molecule has 0 aliphatic heterocycles. The van der Waals surface area contributed by atoms with Crippen molar-refractivity contribution < 1.29 is 13.9 Å². The molecule has 106 valence electrons. The van der Waals surface area contributed by atoms with Crippen molar-refractivity contribution in [3.05, 3.63) is 34.1 Å². The van der Waals surface area contributed by atoms with Crippen molar-refractivity contribution in [3.8, 4) is 0 Å². The molecule has 0 fully saturated rings. The summed E-state index contributed by atoms with van der Waals surface area (Å²) in [6.45, 7) is 5.90. The van der Waals surface area contributed by atoms with Crippen LogP contribution in [-0.2, 0) is 16.1 Å². The summed E-state index contributed by atoms with van der Waals surface area (Å²) < 4.78 is 18.6. The monoisotopic (exact) mass is 331 g/mol. The molecule has 0 bridgehead atoms. The van der Waals surface area contributed by atoms with Crippen LogP contribution in [0.4, 0.5) is 4.39 Å². The Bertz CT molecular complexity index is 426. The summed E-state index contributed by atoms with van der Waals surface area (Å²) in [5.74, 6) is -0.506. The van der Waals surface area contributed by atoms with Gasteiger partial charge >= 0.3 is 5.97 Å². The molecule has 0 atom stereocenters. The standard InChI is InChI=1S/C14H19BrFNO2/c1-3-7-17(10-14(18)19-4-2)9-11-5-6-13(16)12(15)8-11/h5-6,8H,3-4,7,9-10H2,1-2H3. The van der Waals surface area contributed by atoms with E-state index >= 15 is 0 Å². The molecule has 3 nitrogen and oxygen atoms in total. The third-order valence-electron chi connectivity index (χ3n) is 2.59. The van der Waals surface area contributed by atoms with Gasteiger partial charge in [-0.05, 0) is 53.5 Å². The Morgan fingerprint density at radius 2 is 2.16 bits per heavy atom. The van der Waals surface area contributed by atoms with E-state index in [1.54, 1.807) is 19.1 Å². The van der Waals surface area contributed by atoms with Gasteiger partial charge in [-0.25, -0.2) is 4.39 Å². The molecule has 1 aromatic carbocycles. The minimum Gasteiger partial charge on any atom is -0.465 e. The van der Waals surface area contributed by atoms with E-state index in [4.69, 9.17) is 4.74 Å². The summed E-state index contributed by atoms with van der Waals surface area (Å²) in [6.07, 6.45) is 0.946. The van der Waals surface area contributed by atoms with Gasteiger partial charge in [-0.2, -0.15) is 0 Å². The zero-order chi connectivity index (χ0) is 14.3. The van der Waals surface area contributed by atoms with E-state index < -0.39 is 0 Å². The highest BCUT2D eigenvalue weighted by molar-refractivity contribution is 9.10.